The van der Waals surface area contributed by atoms with Crippen molar-refractivity contribution in [1.29, 1.82) is 0 Å². The standard InChI is InChI=1S/C13H15BrN4O2S/c1-3-15-13-12(7-10(14)8-17-13)21(19,20)18-11-4-5-16-9(2)6-11/h4-8H,3H2,1-2H3,(H,15,17)(H,16,18). The molecule has 2 heterocycles. The molecule has 0 unspecified atom stereocenters. The van der Waals surface area contributed by atoms with E-state index in [2.05, 4.69) is 35.9 Å². The minimum Gasteiger partial charge on any atom is -0.369 e. The molecule has 21 heavy (non-hydrogen) atoms. The van der Waals surface area contributed by atoms with Gasteiger partial charge < -0.3 is 5.32 Å². The van der Waals surface area contributed by atoms with E-state index < -0.39 is 10.0 Å². The van der Waals surface area contributed by atoms with Crippen LogP contribution in [0.5, 0.6) is 0 Å². The number of aromatic nitrogens is 2. The van der Waals surface area contributed by atoms with Crippen molar-refractivity contribution in [2.24, 2.45) is 0 Å². The minimum absolute atomic E-state index is 0.0909. The molecule has 0 aromatic carbocycles. The highest BCUT2D eigenvalue weighted by Gasteiger charge is 2.20. The number of nitrogens with one attached hydrogen (secondary N) is 2. The Bertz CT molecular complexity index is 750. The zero-order valence-electron chi connectivity index (χ0n) is 11.6. The fourth-order valence-electron chi connectivity index (χ4n) is 1.74. The number of hydrogen-bond donors (Lipinski definition) is 2. The maximum Gasteiger partial charge on any atom is 0.265 e. The van der Waals surface area contributed by atoms with Crippen molar-refractivity contribution in [3.05, 3.63) is 40.8 Å². The monoisotopic (exact) mass is 370 g/mol. The molecule has 6 nitrogen and oxygen atoms in total. The van der Waals surface area contributed by atoms with Gasteiger partial charge in [0.2, 0.25) is 0 Å². The van der Waals surface area contributed by atoms with Crippen LogP contribution in [-0.4, -0.2) is 24.9 Å². The van der Waals surface area contributed by atoms with E-state index in [9.17, 15) is 8.42 Å². The van der Waals surface area contributed by atoms with E-state index in [4.69, 9.17) is 0 Å². The van der Waals surface area contributed by atoms with Crippen LogP contribution in [-0.2, 0) is 10.0 Å². The Balaban J connectivity index is 2.41. The number of aryl methyl sites for hydroxylation is 1. The quantitative estimate of drug-likeness (QED) is 0.845. The minimum atomic E-state index is -3.74. The number of nitrogens with zero attached hydrogens (tertiary/aromatic N) is 2. The summed E-state index contributed by atoms with van der Waals surface area (Å²) in [5.74, 6) is 0.318. The van der Waals surface area contributed by atoms with E-state index in [0.717, 1.165) is 5.69 Å². The number of pyridine rings is 2. The molecule has 0 fully saturated rings. The van der Waals surface area contributed by atoms with Crippen LogP contribution >= 0.6 is 15.9 Å². The van der Waals surface area contributed by atoms with Gasteiger partial charge in [-0.15, -0.1) is 0 Å². The number of anilines is 2. The van der Waals surface area contributed by atoms with Gasteiger partial charge in [-0.1, -0.05) is 0 Å². The van der Waals surface area contributed by atoms with Gasteiger partial charge in [0, 0.05) is 29.1 Å². The first kappa shape index (κ1) is 15.7. The van der Waals surface area contributed by atoms with Crippen molar-refractivity contribution in [2.45, 2.75) is 18.7 Å². The first-order valence-corrected chi connectivity index (χ1v) is 8.55. The average molecular weight is 371 g/mol. The van der Waals surface area contributed by atoms with Crippen molar-refractivity contribution in [3.63, 3.8) is 0 Å². The lowest BCUT2D eigenvalue weighted by atomic mass is 10.3. The van der Waals surface area contributed by atoms with Crippen LogP contribution in [0.2, 0.25) is 0 Å². The normalized spacial score (nSPS) is 11.2. The third-order valence-electron chi connectivity index (χ3n) is 2.60. The molecule has 0 radical (unpaired) electrons. The highest BCUT2D eigenvalue weighted by Crippen LogP contribution is 2.25. The van der Waals surface area contributed by atoms with Crippen LogP contribution in [0, 0.1) is 6.92 Å². The van der Waals surface area contributed by atoms with E-state index in [-0.39, 0.29) is 4.90 Å². The predicted molar refractivity (Wildman–Crippen MR) is 85.9 cm³/mol. The fraction of sp³-hybridized carbons (Fsp3) is 0.231. The largest absolute Gasteiger partial charge is 0.369 e. The van der Waals surface area contributed by atoms with Crippen LogP contribution in [0.4, 0.5) is 11.5 Å². The zero-order valence-corrected chi connectivity index (χ0v) is 14.0. The zero-order chi connectivity index (χ0) is 15.5. The molecule has 0 atom stereocenters. The van der Waals surface area contributed by atoms with Gasteiger partial charge in [-0.2, -0.15) is 0 Å². The summed E-state index contributed by atoms with van der Waals surface area (Å²) in [6.07, 6.45) is 3.10. The van der Waals surface area contributed by atoms with Crippen molar-refractivity contribution in [3.8, 4) is 0 Å². The van der Waals surface area contributed by atoms with E-state index >= 15 is 0 Å². The van der Waals surface area contributed by atoms with Gasteiger partial charge in [-0.3, -0.25) is 9.71 Å². The summed E-state index contributed by atoms with van der Waals surface area (Å²) < 4.78 is 28.2. The first-order valence-electron chi connectivity index (χ1n) is 6.27. The van der Waals surface area contributed by atoms with Gasteiger partial charge in [0.25, 0.3) is 10.0 Å². The smallest absolute Gasteiger partial charge is 0.265 e. The highest BCUT2D eigenvalue weighted by atomic mass is 79.9. The molecule has 0 aliphatic carbocycles. The molecule has 112 valence electrons. The molecule has 0 amide bonds. The van der Waals surface area contributed by atoms with Gasteiger partial charge in [0.1, 0.15) is 10.7 Å². The Hall–Kier alpha value is -1.67. The molecular formula is C13H15BrN4O2S. The van der Waals surface area contributed by atoms with E-state index in [1.54, 1.807) is 31.5 Å². The van der Waals surface area contributed by atoms with Crippen LogP contribution in [0.15, 0.2) is 40.0 Å². The fourth-order valence-corrected chi connectivity index (χ4v) is 3.44. The van der Waals surface area contributed by atoms with E-state index in [1.807, 2.05) is 6.92 Å². The first-order chi connectivity index (χ1) is 9.92. The van der Waals surface area contributed by atoms with Crippen LogP contribution < -0.4 is 10.0 Å². The maximum absolute atomic E-state index is 12.5. The topological polar surface area (TPSA) is 84.0 Å². The Morgan fingerprint density at radius 2 is 2.05 bits per heavy atom. The number of hydrogen-bond acceptors (Lipinski definition) is 5. The Morgan fingerprint density at radius 1 is 1.29 bits per heavy atom. The predicted octanol–water partition coefficient (Wildman–Crippen LogP) is 2.78. The Labute approximate surface area is 132 Å². The summed E-state index contributed by atoms with van der Waals surface area (Å²) in [5, 5.41) is 2.94. The molecule has 2 aromatic heterocycles. The third-order valence-corrected chi connectivity index (χ3v) is 4.43. The maximum atomic E-state index is 12.5. The van der Waals surface area contributed by atoms with Gasteiger partial charge in [-0.05, 0) is 48.0 Å². The summed E-state index contributed by atoms with van der Waals surface area (Å²) in [4.78, 5) is 8.23. The third kappa shape index (κ3) is 3.92. The molecule has 0 bridgehead atoms. The second-order valence-corrected chi connectivity index (χ2v) is 6.89. The molecule has 0 aliphatic rings. The molecule has 0 saturated heterocycles. The Morgan fingerprint density at radius 3 is 2.71 bits per heavy atom. The molecular weight excluding hydrogens is 356 g/mol. The second kappa shape index (κ2) is 6.40. The van der Waals surface area contributed by atoms with Crippen LogP contribution in [0.3, 0.4) is 0 Å². The molecule has 0 spiro atoms. The van der Waals surface area contributed by atoms with Gasteiger partial charge >= 0.3 is 0 Å². The lowest BCUT2D eigenvalue weighted by Gasteiger charge is -2.12. The van der Waals surface area contributed by atoms with Crippen molar-refractivity contribution < 1.29 is 8.42 Å². The van der Waals surface area contributed by atoms with Crippen molar-refractivity contribution in [1.82, 2.24) is 9.97 Å². The summed E-state index contributed by atoms with van der Waals surface area (Å²) in [5.41, 5.74) is 1.19. The average Bonchev–Trinajstić information content (AvgIpc) is 2.40. The Kier molecular flexibility index (Phi) is 4.79. The molecule has 8 heteroatoms. The van der Waals surface area contributed by atoms with Crippen LogP contribution in [0.1, 0.15) is 12.6 Å². The number of halogens is 1. The lowest BCUT2D eigenvalue weighted by Crippen LogP contribution is -2.16. The van der Waals surface area contributed by atoms with E-state index in [0.29, 0.717) is 22.5 Å². The summed E-state index contributed by atoms with van der Waals surface area (Å²) in [6, 6.07) is 4.78. The number of sulfonamides is 1. The number of rotatable bonds is 5. The van der Waals surface area contributed by atoms with Crippen molar-refractivity contribution in [2.75, 3.05) is 16.6 Å². The summed E-state index contributed by atoms with van der Waals surface area (Å²) >= 11 is 3.24. The highest BCUT2D eigenvalue weighted by molar-refractivity contribution is 9.10. The summed E-state index contributed by atoms with van der Waals surface area (Å²) in [6.45, 7) is 4.24. The molecule has 0 saturated carbocycles. The molecule has 0 aliphatic heterocycles. The molecule has 2 N–H and O–H groups in total. The molecule has 2 rings (SSSR count). The lowest BCUT2D eigenvalue weighted by molar-refractivity contribution is 0.601. The van der Waals surface area contributed by atoms with Gasteiger partial charge in [-0.25, -0.2) is 13.4 Å². The van der Waals surface area contributed by atoms with E-state index in [1.165, 1.54) is 6.07 Å². The summed E-state index contributed by atoms with van der Waals surface area (Å²) in [7, 11) is -3.74. The molecule has 2 aromatic rings. The van der Waals surface area contributed by atoms with Gasteiger partial charge in [0.05, 0.1) is 5.69 Å². The second-order valence-electron chi connectivity index (χ2n) is 4.32. The van der Waals surface area contributed by atoms with Crippen molar-refractivity contribution >= 4 is 37.5 Å². The van der Waals surface area contributed by atoms with Gasteiger partial charge in [0.15, 0.2) is 0 Å². The van der Waals surface area contributed by atoms with Crippen LogP contribution in [0.25, 0.3) is 0 Å². The SMILES string of the molecule is CCNc1ncc(Br)cc1S(=O)(=O)Nc1ccnc(C)c1.